The molecule has 0 aliphatic carbocycles. The number of carboxylic acids is 1. The van der Waals surface area contributed by atoms with Crippen LogP contribution in [0.2, 0.25) is 0 Å². The lowest BCUT2D eigenvalue weighted by atomic mass is 10.6. The minimum Gasteiger partial charge on any atom is -0.481 e. The zero-order valence-electron chi connectivity index (χ0n) is 7.75. The van der Waals surface area contributed by atoms with E-state index in [2.05, 4.69) is 19.6 Å². The van der Waals surface area contributed by atoms with Gasteiger partial charge >= 0.3 is 5.97 Å². The summed E-state index contributed by atoms with van der Waals surface area (Å²) in [5.74, 6) is 1.49. The van der Waals surface area contributed by atoms with E-state index < -0.39 is 5.97 Å². The predicted molar refractivity (Wildman–Crippen MR) is 59.4 cm³/mol. The van der Waals surface area contributed by atoms with Gasteiger partial charge in [0.15, 0.2) is 0 Å². The minimum atomic E-state index is -0.719. The second-order valence-corrected chi connectivity index (χ2v) is 3.72. The largest absolute Gasteiger partial charge is 0.481 e. The highest BCUT2D eigenvalue weighted by Crippen LogP contribution is 1.99. The van der Waals surface area contributed by atoms with Crippen LogP contribution in [-0.4, -0.2) is 28.3 Å². The summed E-state index contributed by atoms with van der Waals surface area (Å²) in [5.41, 5.74) is 0. The van der Waals surface area contributed by atoms with E-state index in [0.29, 0.717) is 0 Å². The maximum Gasteiger partial charge on any atom is 0.313 e. The van der Waals surface area contributed by atoms with Crippen molar-refractivity contribution in [3.05, 3.63) is 0 Å². The Morgan fingerprint density at radius 1 is 1.42 bits per heavy atom. The molecule has 0 fully saturated rings. The topological polar surface area (TPSA) is 37.3 Å². The molecule has 1 N–H and O–H groups in total. The molecule has 0 aliphatic heterocycles. The van der Waals surface area contributed by atoms with Crippen molar-refractivity contribution in [3.8, 4) is 0 Å². The van der Waals surface area contributed by atoms with Gasteiger partial charge in [0.2, 0.25) is 0 Å². The number of hydrogen-bond acceptors (Lipinski definition) is 3. The van der Waals surface area contributed by atoms with Gasteiger partial charge < -0.3 is 5.11 Å². The Labute approximate surface area is 84.5 Å². The zero-order chi connectivity index (χ0) is 9.82. The summed E-state index contributed by atoms with van der Waals surface area (Å²) in [5, 5.41) is 8.12. The van der Waals surface area contributed by atoms with Gasteiger partial charge in [-0.1, -0.05) is 13.8 Å². The molecule has 2 nitrogen and oxygen atoms in total. The van der Waals surface area contributed by atoms with Gasteiger partial charge in [-0.05, 0) is 24.3 Å². The number of thioether (sulfide) groups is 1. The molecule has 0 aromatic carbocycles. The molecule has 0 spiro atoms. The Morgan fingerprint density at radius 2 is 1.92 bits per heavy atom. The van der Waals surface area contributed by atoms with Crippen molar-refractivity contribution in [2.45, 2.75) is 26.7 Å². The highest BCUT2D eigenvalue weighted by Gasteiger charge is 1.92. The first-order chi connectivity index (χ1) is 5.68. The summed E-state index contributed by atoms with van der Waals surface area (Å²) in [6.45, 7) is 4.14. The van der Waals surface area contributed by atoms with E-state index >= 15 is 0 Å². The highest BCUT2D eigenvalue weighted by atomic mass is 32.2. The number of rotatable bonds is 5. The molecule has 0 aromatic heterocycles. The van der Waals surface area contributed by atoms with Crippen LogP contribution in [-0.2, 0) is 4.79 Å². The van der Waals surface area contributed by atoms with Crippen molar-refractivity contribution in [3.63, 3.8) is 0 Å². The van der Waals surface area contributed by atoms with E-state index in [0.717, 1.165) is 17.9 Å². The van der Waals surface area contributed by atoms with Crippen molar-refractivity contribution in [1.29, 1.82) is 0 Å². The molecule has 0 radical (unpaired) electrons. The number of thiol groups is 1. The van der Waals surface area contributed by atoms with Crippen molar-refractivity contribution in [2.24, 2.45) is 0 Å². The molecule has 0 amide bonds. The van der Waals surface area contributed by atoms with Crippen LogP contribution in [0.15, 0.2) is 0 Å². The van der Waals surface area contributed by atoms with Gasteiger partial charge in [-0.2, -0.15) is 24.4 Å². The summed E-state index contributed by atoms with van der Waals surface area (Å²) in [6, 6.07) is 0. The number of aliphatic carboxylic acids is 1. The molecule has 0 saturated carbocycles. The van der Waals surface area contributed by atoms with Crippen LogP contribution in [0.5, 0.6) is 0 Å². The monoisotopic (exact) mass is 210 g/mol. The van der Waals surface area contributed by atoms with Crippen molar-refractivity contribution in [1.82, 2.24) is 0 Å². The number of carbonyl (C=O) groups is 1. The fourth-order valence-electron chi connectivity index (χ4n) is 0.304. The Balaban J connectivity index is 0. The van der Waals surface area contributed by atoms with E-state index in [4.69, 9.17) is 5.11 Å². The number of carboxylic acid groups (broad SMARTS) is 1. The molecule has 4 heteroatoms. The third-order valence-corrected chi connectivity index (χ3v) is 2.39. The third kappa shape index (κ3) is 22.5. The van der Waals surface area contributed by atoms with E-state index in [-0.39, 0.29) is 5.75 Å². The van der Waals surface area contributed by atoms with Crippen molar-refractivity contribution in [2.75, 3.05) is 17.3 Å². The molecule has 0 saturated heterocycles. The molecule has 0 heterocycles. The molecule has 0 unspecified atom stereocenters. The summed E-state index contributed by atoms with van der Waals surface area (Å²) in [6.07, 6.45) is 2.24. The SMILES string of the molecule is CCCS.CCCSCC(=O)O. The summed E-state index contributed by atoms with van der Waals surface area (Å²) >= 11 is 5.38. The average Bonchev–Trinajstić information content (AvgIpc) is 2.05. The van der Waals surface area contributed by atoms with Crippen molar-refractivity contribution >= 4 is 30.4 Å². The van der Waals surface area contributed by atoms with Crippen LogP contribution in [0.1, 0.15) is 26.7 Å². The van der Waals surface area contributed by atoms with Crippen molar-refractivity contribution < 1.29 is 9.90 Å². The Kier molecular flexibility index (Phi) is 16.8. The van der Waals surface area contributed by atoms with Gasteiger partial charge in [-0.25, -0.2) is 0 Å². The van der Waals surface area contributed by atoms with Crippen LogP contribution >= 0.6 is 24.4 Å². The van der Waals surface area contributed by atoms with Crippen LogP contribution in [0.4, 0.5) is 0 Å². The molecule has 0 aromatic rings. The Morgan fingerprint density at radius 3 is 2.17 bits per heavy atom. The fraction of sp³-hybridized carbons (Fsp3) is 0.875. The lowest BCUT2D eigenvalue weighted by molar-refractivity contribution is -0.133. The van der Waals surface area contributed by atoms with E-state index in [1.165, 1.54) is 18.2 Å². The standard InChI is InChI=1S/C5H10O2S.C3H8S/c1-2-3-8-4-5(6)7;1-2-3-4/h2-4H2,1H3,(H,6,7);4H,2-3H2,1H3. The predicted octanol–water partition coefficient (Wildman–Crippen LogP) is 2.54. The van der Waals surface area contributed by atoms with Gasteiger partial charge in [0.05, 0.1) is 5.75 Å². The van der Waals surface area contributed by atoms with Gasteiger partial charge in [-0.15, -0.1) is 0 Å². The molecular formula is C8H18O2S2. The van der Waals surface area contributed by atoms with Gasteiger partial charge in [0, 0.05) is 0 Å². The minimum absolute atomic E-state index is 0.244. The lowest BCUT2D eigenvalue weighted by Crippen LogP contribution is -1.97. The zero-order valence-corrected chi connectivity index (χ0v) is 9.46. The lowest BCUT2D eigenvalue weighted by Gasteiger charge is -1.90. The Hall–Kier alpha value is 0.170. The second kappa shape index (κ2) is 13.7. The average molecular weight is 210 g/mol. The van der Waals surface area contributed by atoms with Crippen LogP contribution in [0.3, 0.4) is 0 Å². The van der Waals surface area contributed by atoms with E-state index in [1.54, 1.807) is 0 Å². The first kappa shape index (κ1) is 14.7. The molecule has 0 aliphatic rings. The quantitative estimate of drug-likeness (QED) is 0.541. The second-order valence-electron chi connectivity index (χ2n) is 2.17. The summed E-state index contributed by atoms with van der Waals surface area (Å²) in [4.78, 5) is 9.85. The van der Waals surface area contributed by atoms with Gasteiger partial charge in [-0.3, -0.25) is 4.79 Å². The number of hydrogen-bond donors (Lipinski definition) is 2. The van der Waals surface area contributed by atoms with Gasteiger partial charge in [0.1, 0.15) is 0 Å². The summed E-state index contributed by atoms with van der Waals surface area (Å²) in [7, 11) is 0. The smallest absolute Gasteiger partial charge is 0.313 e. The van der Waals surface area contributed by atoms with Crippen LogP contribution in [0.25, 0.3) is 0 Å². The van der Waals surface area contributed by atoms with Crippen LogP contribution in [0, 0.1) is 0 Å². The highest BCUT2D eigenvalue weighted by molar-refractivity contribution is 7.99. The third-order valence-electron chi connectivity index (χ3n) is 0.798. The first-order valence-corrected chi connectivity index (χ1v) is 5.88. The normalized spacial score (nSPS) is 8.58. The van der Waals surface area contributed by atoms with E-state index in [9.17, 15) is 4.79 Å². The molecule has 0 bridgehead atoms. The molecule has 12 heavy (non-hydrogen) atoms. The van der Waals surface area contributed by atoms with Crippen LogP contribution < -0.4 is 0 Å². The molecule has 0 rings (SSSR count). The molecule has 74 valence electrons. The van der Waals surface area contributed by atoms with E-state index in [1.807, 2.05) is 6.92 Å². The maximum absolute atomic E-state index is 9.85. The Bertz CT molecular complexity index is 95.1. The summed E-state index contributed by atoms with van der Waals surface area (Å²) < 4.78 is 0. The maximum atomic E-state index is 9.85. The molecule has 0 atom stereocenters. The fourth-order valence-corrected chi connectivity index (χ4v) is 0.911. The molecular weight excluding hydrogens is 192 g/mol. The van der Waals surface area contributed by atoms with Gasteiger partial charge in [0.25, 0.3) is 0 Å². The first-order valence-electron chi connectivity index (χ1n) is 4.09.